The van der Waals surface area contributed by atoms with Crippen molar-refractivity contribution >= 4 is 11.9 Å². The number of hydrogen-bond acceptors (Lipinski definition) is 5. The van der Waals surface area contributed by atoms with Gasteiger partial charge in [-0.15, -0.1) is 0 Å². The van der Waals surface area contributed by atoms with Crippen molar-refractivity contribution in [2.45, 2.75) is 39.5 Å². The van der Waals surface area contributed by atoms with Gasteiger partial charge in [-0.3, -0.25) is 0 Å². The first-order valence-corrected chi connectivity index (χ1v) is 5.93. The van der Waals surface area contributed by atoms with E-state index in [1.165, 1.54) is 0 Å². The number of nitrogens with two attached hydrogens (primary N) is 1. The number of ether oxygens (including phenoxy) is 2. The minimum atomic E-state index is -0.720. The first-order valence-electron chi connectivity index (χ1n) is 5.93. The van der Waals surface area contributed by atoms with Crippen molar-refractivity contribution in [1.82, 2.24) is 0 Å². The van der Waals surface area contributed by atoms with Gasteiger partial charge in [-0.25, -0.2) is 9.59 Å². The number of esters is 2. The molecule has 0 aromatic heterocycles. The molecule has 0 aromatic rings. The SMILES string of the molecule is CCCCOC(=O)C(=CN)C(=O)OCCCC. The Morgan fingerprint density at radius 1 is 1.00 bits per heavy atom. The third-order valence-corrected chi connectivity index (χ3v) is 2.07. The second kappa shape index (κ2) is 9.69. The normalized spacial score (nSPS) is 9.53. The van der Waals surface area contributed by atoms with Crippen LogP contribution < -0.4 is 5.73 Å². The van der Waals surface area contributed by atoms with Crippen LogP contribution in [0.1, 0.15) is 39.5 Å². The molecule has 0 spiro atoms. The van der Waals surface area contributed by atoms with Crippen LogP contribution in [0.25, 0.3) is 0 Å². The van der Waals surface area contributed by atoms with E-state index in [-0.39, 0.29) is 18.8 Å². The van der Waals surface area contributed by atoms with Crippen LogP contribution in [0, 0.1) is 0 Å². The summed E-state index contributed by atoms with van der Waals surface area (Å²) in [7, 11) is 0. The van der Waals surface area contributed by atoms with Gasteiger partial charge in [0.05, 0.1) is 13.2 Å². The van der Waals surface area contributed by atoms with Crippen molar-refractivity contribution < 1.29 is 19.1 Å². The van der Waals surface area contributed by atoms with Crippen molar-refractivity contribution in [3.8, 4) is 0 Å². The van der Waals surface area contributed by atoms with Gasteiger partial charge in [0, 0.05) is 6.20 Å². The van der Waals surface area contributed by atoms with Crippen LogP contribution in [0.15, 0.2) is 11.8 Å². The summed E-state index contributed by atoms with van der Waals surface area (Å²) >= 11 is 0. The van der Waals surface area contributed by atoms with Gasteiger partial charge < -0.3 is 15.2 Å². The van der Waals surface area contributed by atoms with Crippen LogP contribution in [0.3, 0.4) is 0 Å². The van der Waals surface area contributed by atoms with Crippen molar-refractivity contribution in [2.75, 3.05) is 13.2 Å². The van der Waals surface area contributed by atoms with Crippen LogP contribution in [0.4, 0.5) is 0 Å². The van der Waals surface area contributed by atoms with Crippen LogP contribution in [0.5, 0.6) is 0 Å². The van der Waals surface area contributed by atoms with E-state index in [1.807, 2.05) is 13.8 Å². The molecule has 5 heteroatoms. The van der Waals surface area contributed by atoms with E-state index in [9.17, 15) is 9.59 Å². The predicted molar refractivity (Wildman–Crippen MR) is 64.0 cm³/mol. The van der Waals surface area contributed by atoms with Crippen LogP contribution in [-0.2, 0) is 19.1 Å². The molecule has 0 radical (unpaired) electrons. The Bertz CT molecular complexity index is 250. The summed E-state index contributed by atoms with van der Waals surface area (Å²) in [6, 6.07) is 0. The summed E-state index contributed by atoms with van der Waals surface area (Å²) in [5, 5.41) is 0. The maximum Gasteiger partial charge on any atom is 0.347 e. The highest BCUT2D eigenvalue weighted by Crippen LogP contribution is 2.02. The van der Waals surface area contributed by atoms with Crippen LogP contribution in [0.2, 0.25) is 0 Å². The summed E-state index contributed by atoms with van der Waals surface area (Å²) in [5.74, 6) is -1.44. The van der Waals surface area contributed by atoms with Crippen LogP contribution in [-0.4, -0.2) is 25.2 Å². The average Bonchev–Trinajstić information content (AvgIpc) is 2.30. The highest BCUT2D eigenvalue weighted by atomic mass is 16.6. The predicted octanol–water partition coefficient (Wildman–Crippen LogP) is 1.52. The van der Waals surface area contributed by atoms with E-state index in [0.717, 1.165) is 31.9 Å². The smallest absolute Gasteiger partial charge is 0.347 e. The zero-order valence-corrected chi connectivity index (χ0v) is 10.5. The summed E-state index contributed by atoms with van der Waals surface area (Å²) in [5.41, 5.74) is 4.98. The van der Waals surface area contributed by atoms with E-state index in [1.54, 1.807) is 0 Å². The first-order chi connectivity index (χ1) is 8.17. The molecule has 0 atom stereocenters. The van der Waals surface area contributed by atoms with E-state index in [2.05, 4.69) is 0 Å². The lowest BCUT2D eigenvalue weighted by Gasteiger charge is -2.07. The molecule has 0 amide bonds. The molecule has 0 rings (SSSR count). The number of rotatable bonds is 8. The number of unbranched alkanes of at least 4 members (excludes halogenated alkanes) is 2. The van der Waals surface area contributed by atoms with Crippen molar-refractivity contribution in [2.24, 2.45) is 5.73 Å². The van der Waals surface area contributed by atoms with Gasteiger partial charge in [0.1, 0.15) is 0 Å². The van der Waals surface area contributed by atoms with E-state index >= 15 is 0 Å². The standard InChI is InChI=1S/C12H21NO4/c1-3-5-7-16-11(14)10(9-13)12(15)17-8-6-4-2/h9H,3-8,13H2,1-2H3. The number of hydrogen-bond donors (Lipinski definition) is 1. The second-order valence-corrected chi connectivity index (χ2v) is 3.56. The molecule has 0 fully saturated rings. The summed E-state index contributed by atoms with van der Waals surface area (Å²) in [6.45, 7) is 4.53. The number of carbonyl (C=O) groups excluding carboxylic acids is 2. The molecule has 0 aromatic carbocycles. The zero-order chi connectivity index (χ0) is 13.1. The highest BCUT2D eigenvalue weighted by Gasteiger charge is 2.20. The molecule has 0 bridgehead atoms. The topological polar surface area (TPSA) is 78.6 Å². The van der Waals surface area contributed by atoms with E-state index in [4.69, 9.17) is 15.2 Å². The maximum absolute atomic E-state index is 11.5. The molecule has 0 heterocycles. The van der Waals surface area contributed by atoms with Gasteiger partial charge in [0.2, 0.25) is 0 Å². The minimum absolute atomic E-state index is 0.239. The minimum Gasteiger partial charge on any atom is -0.462 e. The first kappa shape index (κ1) is 15.5. The Hall–Kier alpha value is -1.52. The molecule has 98 valence electrons. The van der Waals surface area contributed by atoms with Gasteiger partial charge in [-0.05, 0) is 12.8 Å². The third-order valence-electron chi connectivity index (χ3n) is 2.07. The second-order valence-electron chi connectivity index (χ2n) is 3.56. The molecule has 17 heavy (non-hydrogen) atoms. The molecule has 0 saturated heterocycles. The molecule has 0 unspecified atom stereocenters. The Morgan fingerprint density at radius 2 is 1.41 bits per heavy atom. The monoisotopic (exact) mass is 243 g/mol. The van der Waals surface area contributed by atoms with Gasteiger partial charge in [0.25, 0.3) is 0 Å². The molecule has 0 aliphatic heterocycles. The molecule has 0 saturated carbocycles. The third kappa shape index (κ3) is 6.60. The van der Waals surface area contributed by atoms with Crippen LogP contribution >= 0.6 is 0 Å². The quantitative estimate of drug-likeness (QED) is 0.230. The Morgan fingerprint density at radius 3 is 1.71 bits per heavy atom. The van der Waals surface area contributed by atoms with Crippen molar-refractivity contribution in [3.63, 3.8) is 0 Å². The summed E-state index contributed by atoms with van der Waals surface area (Å²) < 4.78 is 9.75. The summed E-state index contributed by atoms with van der Waals surface area (Å²) in [4.78, 5) is 22.9. The fourth-order valence-corrected chi connectivity index (χ4v) is 0.993. The molecule has 0 aliphatic rings. The lowest BCUT2D eigenvalue weighted by Crippen LogP contribution is -2.20. The van der Waals surface area contributed by atoms with Gasteiger partial charge in [-0.1, -0.05) is 26.7 Å². The maximum atomic E-state index is 11.5. The largest absolute Gasteiger partial charge is 0.462 e. The Balaban J connectivity index is 4.12. The van der Waals surface area contributed by atoms with Crippen molar-refractivity contribution in [3.05, 3.63) is 11.8 Å². The molecule has 0 aliphatic carbocycles. The average molecular weight is 243 g/mol. The summed E-state index contributed by atoms with van der Waals surface area (Å²) in [6.07, 6.45) is 4.28. The fraction of sp³-hybridized carbons (Fsp3) is 0.667. The lowest BCUT2D eigenvalue weighted by molar-refractivity contribution is -0.147. The van der Waals surface area contributed by atoms with E-state index in [0.29, 0.717) is 0 Å². The zero-order valence-electron chi connectivity index (χ0n) is 10.5. The van der Waals surface area contributed by atoms with Gasteiger partial charge in [-0.2, -0.15) is 0 Å². The Kier molecular flexibility index (Phi) is 8.82. The Labute approximate surface area is 102 Å². The van der Waals surface area contributed by atoms with Crippen molar-refractivity contribution in [1.29, 1.82) is 0 Å². The van der Waals surface area contributed by atoms with Gasteiger partial charge in [0.15, 0.2) is 5.57 Å². The molecular weight excluding hydrogens is 222 g/mol. The highest BCUT2D eigenvalue weighted by molar-refractivity contribution is 6.13. The fourth-order valence-electron chi connectivity index (χ4n) is 0.993. The molecule has 5 nitrogen and oxygen atoms in total. The number of carbonyl (C=O) groups is 2. The molecule has 2 N–H and O–H groups in total. The van der Waals surface area contributed by atoms with Gasteiger partial charge >= 0.3 is 11.9 Å². The lowest BCUT2D eigenvalue weighted by atomic mass is 10.3. The molecular formula is C12H21NO4. The van der Waals surface area contributed by atoms with E-state index < -0.39 is 11.9 Å².